The maximum absolute atomic E-state index is 13.3. The van der Waals surface area contributed by atoms with Crippen molar-refractivity contribution in [3.8, 4) is 0 Å². The van der Waals surface area contributed by atoms with Gasteiger partial charge in [-0.05, 0) is 41.8 Å². The molecule has 0 N–H and O–H groups in total. The molecule has 0 aliphatic carbocycles. The summed E-state index contributed by atoms with van der Waals surface area (Å²) < 4.78 is 39.0. The van der Waals surface area contributed by atoms with Crippen molar-refractivity contribution in [2.45, 2.75) is 12.5 Å². The average Bonchev–Trinajstić information content (AvgIpc) is 2.64. The normalized spacial score (nSPS) is 16.5. The van der Waals surface area contributed by atoms with Crippen molar-refractivity contribution in [2.75, 3.05) is 39.4 Å². The van der Waals surface area contributed by atoms with Crippen molar-refractivity contribution in [3.63, 3.8) is 0 Å². The molecule has 0 radical (unpaired) electrons. The van der Waals surface area contributed by atoms with Crippen LogP contribution in [0.2, 0.25) is 0 Å². The molecule has 0 spiro atoms. The van der Waals surface area contributed by atoms with Crippen molar-refractivity contribution >= 4 is 0 Å². The van der Waals surface area contributed by atoms with Gasteiger partial charge in [0, 0.05) is 32.7 Å². The largest absolute Gasteiger partial charge is 0.301 e. The lowest BCUT2D eigenvalue weighted by molar-refractivity contribution is 0.107. The number of alkyl halides is 1. The lowest BCUT2D eigenvalue weighted by Gasteiger charge is -2.39. The minimum Gasteiger partial charge on any atom is -0.301 e. The van der Waals surface area contributed by atoms with Crippen LogP contribution in [0, 0.1) is 11.6 Å². The van der Waals surface area contributed by atoms with Gasteiger partial charge in [-0.25, -0.2) is 8.78 Å². The summed E-state index contributed by atoms with van der Waals surface area (Å²) in [6.45, 7) is 3.92. The van der Waals surface area contributed by atoms with E-state index in [1.54, 1.807) is 24.3 Å². The fourth-order valence-electron chi connectivity index (χ4n) is 3.43. The molecule has 2 nitrogen and oxygen atoms in total. The molecular formula is C20H23F3N2. The smallest absolute Gasteiger partial charge is 0.123 e. The second-order valence-electron chi connectivity index (χ2n) is 6.43. The molecule has 2 aromatic rings. The summed E-state index contributed by atoms with van der Waals surface area (Å²) >= 11 is 0. The second-order valence-corrected chi connectivity index (χ2v) is 6.43. The van der Waals surface area contributed by atoms with E-state index in [-0.39, 0.29) is 24.4 Å². The van der Waals surface area contributed by atoms with Gasteiger partial charge >= 0.3 is 0 Å². The zero-order valence-electron chi connectivity index (χ0n) is 14.2. The van der Waals surface area contributed by atoms with Gasteiger partial charge in [0.05, 0.1) is 12.7 Å². The van der Waals surface area contributed by atoms with Gasteiger partial charge in [-0.3, -0.25) is 9.29 Å². The first-order valence-electron chi connectivity index (χ1n) is 8.70. The van der Waals surface area contributed by atoms with Gasteiger partial charge in [0.1, 0.15) is 11.6 Å². The molecule has 0 atom stereocenters. The maximum Gasteiger partial charge on any atom is 0.123 e. The van der Waals surface area contributed by atoms with E-state index >= 15 is 0 Å². The first kappa shape index (κ1) is 18.0. The second kappa shape index (κ2) is 8.50. The Morgan fingerprint density at radius 3 is 1.68 bits per heavy atom. The van der Waals surface area contributed by atoms with Gasteiger partial charge < -0.3 is 4.90 Å². The van der Waals surface area contributed by atoms with Crippen molar-refractivity contribution in [1.29, 1.82) is 0 Å². The molecule has 1 saturated heterocycles. The average molecular weight is 348 g/mol. The van der Waals surface area contributed by atoms with Crippen molar-refractivity contribution in [2.24, 2.45) is 0 Å². The number of hydrogen-bond donors (Lipinski definition) is 0. The molecule has 1 fully saturated rings. The van der Waals surface area contributed by atoms with Crippen LogP contribution in [0.5, 0.6) is 0 Å². The van der Waals surface area contributed by atoms with Crippen LogP contribution >= 0.6 is 0 Å². The summed E-state index contributed by atoms with van der Waals surface area (Å²) in [4.78, 5) is 4.59. The first-order chi connectivity index (χ1) is 12.2. The summed E-state index contributed by atoms with van der Waals surface area (Å²) in [6, 6.07) is 13.0. The maximum atomic E-state index is 13.3. The lowest BCUT2D eigenvalue weighted by atomic mass is 9.96. The molecule has 1 aliphatic rings. The summed E-state index contributed by atoms with van der Waals surface area (Å²) in [5.74, 6) is -0.532. The predicted octanol–water partition coefficient (Wildman–Crippen LogP) is 4.03. The van der Waals surface area contributed by atoms with E-state index in [0.717, 1.165) is 43.9 Å². The van der Waals surface area contributed by atoms with Gasteiger partial charge in [-0.2, -0.15) is 0 Å². The molecule has 1 heterocycles. The standard InChI is InChI=1S/C20H23F3N2/c21-10-1-11-24-12-14-25(15-13-24)20(16-2-6-18(22)7-3-16)17-4-8-19(23)9-5-17/h2-9,20H,1,10-15H2. The van der Waals surface area contributed by atoms with E-state index in [4.69, 9.17) is 0 Å². The number of rotatable bonds is 6. The van der Waals surface area contributed by atoms with Crippen molar-refractivity contribution in [3.05, 3.63) is 71.3 Å². The highest BCUT2D eigenvalue weighted by Crippen LogP contribution is 2.30. The van der Waals surface area contributed by atoms with Crippen LogP contribution in [0.15, 0.2) is 48.5 Å². The van der Waals surface area contributed by atoms with Crippen LogP contribution < -0.4 is 0 Å². The number of piperazine rings is 1. The third-order valence-electron chi connectivity index (χ3n) is 4.75. The quantitative estimate of drug-likeness (QED) is 0.778. The Hall–Kier alpha value is -1.85. The third kappa shape index (κ3) is 4.61. The van der Waals surface area contributed by atoms with Crippen LogP contribution in [0.1, 0.15) is 23.6 Å². The fourth-order valence-corrected chi connectivity index (χ4v) is 3.43. The van der Waals surface area contributed by atoms with E-state index in [0.29, 0.717) is 6.42 Å². The minimum absolute atomic E-state index is 0.0375. The highest BCUT2D eigenvalue weighted by Gasteiger charge is 2.26. The molecule has 0 amide bonds. The zero-order chi connectivity index (χ0) is 17.6. The third-order valence-corrected chi connectivity index (χ3v) is 4.75. The zero-order valence-corrected chi connectivity index (χ0v) is 14.2. The summed E-state index contributed by atoms with van der Waals surface area (Å²) in [7, 11) is 0. The Morgan fingerprint density at radius 1 is 0.760 bits per heavy atom. The van der Waals surface area contributed by atoms with Gasteiger partial charge in [0.2, 0.25) is 0 Å². The van der Waals surface area contributed by atoms with E-state index in [1.165, 1.54) is 24.3 Å². The summed E-state index contributed by atoms with van der Waals surface area (Å²) in [6.07, 6.45) is 0.569. The van der Waals surface area contributed by atoms with Gasteiger partial charge in [0.25, 0.3) is 0 Å². The Balaban J connectivity index is 1.80. The molecule has 3 rings (SSSR count). The summed E-state index contributed by atoms with van der Waals surface area (Å²) in [5.41, 5.74) is 1.98. The van der Waals surface area contributed by atoms with Crippen molar-refractivity contribution < 1.29 is 13.2 Å². The molecule has 0 bridgehead atoms. The van der Waals surface area contributed by atoms with E-state index in [9.17, 15) is 13.2 Å². The molecule has 0 unspecified atom stereocenters. The van der Waals surface area contributed by atoms with Crippen LogP contribution in [-0.4, -0.2) is 49.2 Å². The van der Waals surface area contributed by atoms with Gasteiger partial charge in [-0.15, -0.1) is 0 Å². The molecule has 5 heteroatoms. The van der Waals surface area contributed by atoms with Crippen LogP contribution in [0.3, 0.4) is 0 Å². The van der Waals surface area contributed by atoms with E-state index in [2.05, 4.69) is 9.80 Å². The molecule has 25 heavy (non-hydrogen) atoms. The van der Waals surface area contributed by atoms with Crippen LogP contribution in [0.4, 0.5) is 13.2 Å². The molecule has 0 saturated carbocycles. The highest BCUT2D eigenvalue weighted by atomic mass is 19.1. The Morgan fingerprint density at radius 2 is 1.24 bits per heavy atom. The summed E-state index contributed by atoms with van der Waals surface area (Å²) in [5, 5.41) is 0. The Labute approximate surface area is 146 Å². The van der Waals surface area contributed by atoms with Crippen LogP contribution in [0.25, 0.3) is 0 Å². The molecule has 1 aliphatic heterocycles. The van der Waals surface area contributed by atoms with Gasteiger partial charge in [-0.1, -0.05) is 24.3 Å². The fraction of sp³-hybridized carbons (Fsp3) is 0.400. The highest BCUT2D eigenvalue weighted by molar-refractivity contribution is 5.32. The van der Waals surface area contributed by atoms with E-state index < -0.39 is 0 Å². The number of hydrogen-bond acceptors (Lipinski definition) is 2. The lowest BCUT2D eigenvalue weighted by Crippen LogP contribution is -2.48. The molecular weight excluding hydrogens is 325 g/mol. The van der Waals surface area contributed by atoms with Gasteiger partial charge in [0.15, 0.2) is 0 Å². The Kier molecular flexibility index (Phi) is 6.10. The number of nitrogens with zero attached hydrogens (tertiary/aromatic N) is 2. The van der Waals surface area contributed by atoms with Crippen molar-refractivity contribution in [1.82, 2.24) is 9.80 Å². The molecule has 2 aromatic carbocycles. The topological polar surface area (TPSA) is 6.48 Å². The SMILES string of the molecule is FCCCN1CCN(C(c2ccc(F)cc2)c2ccc(F)cc2)CC1. The Bertz CT molecular complexity index is 604. The van der Waals surface area contributed by atoms with E-state index in [1.807, 2.05) is 0 Å². The molecule has 134 valence electrons. The first-order valence-corrected chi connectivity index (χ1v) is 8.70. The molecule has 0 aromatic heterocycles. The minimum atomic E-state index is -0.284. The van der Waals surface area contributed by atoms with Crippen LogP contribution in [-0.2, 0) is 0 Å². The monoisotopic (exact) mass is 348 g/mol. The number of halogens is 3. The number of benzene rings is 2. The predicted molar refractivity (Wildman–Crippen MR) is 93.2 cm³/mol.